The second-order valence-electron chi connectivity index (χ2n) is 7.57. The number of ether oxygens (including phenoxy) is 2. The molecule has 1 aliphatic carbocycles. The maximum atomic E-state index is 13.5. The molecule has 1 aromatic carbocycles. The topological polar surface area (TPSA) is 84.8 Å². The third-order valence-corrected chi connectivity index (χ3v) is 6.51. The molecular weight excluding hydrogens is 421 g/mol. The van der Waals surface area contributed by atoms with E-state index in [0.717, 1.165) is 18.4 Å². The number of carbonyl (C=O) groups excluding carboxylic acids is 1. The number of methoxy groups -OCH3 is 2. The van der Waals surface area contributed by atoms with Gasteiger partial charge in [0.2, 0.25) is 5.88 Å². The Bertz CT molecular complexity index is 1100. The number of benzene rings is 1. The summed E-state index contributed by atoms with van der Waals surface area (Å²) in [5.74, 6) is 0.376. The highest BCUT2D eigenvalue weighted by atomic mass is 32.1. The van der Waals surface area contributed by atoms with E-state index in [1.54, 1.807) is 12.0 Å². The highest BCUT2D eigenvalue weighted by Gasteiger charge is 2.36. The van der Waals surface area contributed by atoms with Crippen molar-refractivity contribution < 1.29 is 23.8 Å². The molecule has 31 heavy (non-hydrogen) atoms. The van der Waals surface area contributed by atoms with Crippen LogP contribution in [0, 0.1) is 12.7 Å². The van der Waals surface area contributed by atoms with Gasteiger partial charge < -0.3 is 19.5 Å². The van der Waals surface area contributed by atoms with Crippen molar-refractivity contribution in [1.82, 2.24) is 14.9 Å². The Morgan fingerprint density at radius 1 is 1.29 bits per heavy atom. The minimum absolute atomic E-state index is 0.0873. The summed E-state index contributed by atoms with van der Waals surface area (Å²) in [4.78, 5) is 25.3. The first-order valence-electron chi connectivity index (χ1n) is 10.00. The minimum Gasteiger partial charge on any atom is -0.480 e. The van der Waals surface area contributed by atoms with E-state index < -0.39 is 6.10 Å². The van der Waals surface area contributed by atoms with Crippen molar-refractivity contribution in [3.05, 3.63) is 51.9 Å². The Labute approximate surface area is 183 Å². The molecular formula is C22H24FN3O4S. The van der Waals surface area contributed by atoms with Crippen molar-refractivity contribution in [1.29, 1.82) is 0 Å². The number of rotatable bonds is 8. The van der Waals surface area contributed by atoms with E-state index in [0.29, 0.717) is 32.4 Å². The molecule has 0 saturated heterocycles. The first kappa shape index (κ1) is 21.6. The zero-order valence-electron chi connectivity index (χ0n) is 17.6. The molecule has 7 nitrogen and oxygen atoms in total. The number of aryl methyl sites for hydroxylation is 1. The number of aliphatic hydroxyl groups excluding tert-OH is 1. The number of carbonyl (C=O) groups is 1. The monoisotopic (exact) mass is 445 g/mol. The van der Waals surface area contributed by atoms with Gasteiger partial charge >= 0.3 is 0 Å². The molecule has 1 N–H and O–H groups in total. The number of fused-ring (bicyclic) bond motifs is 1. The minimum atomic E-state index is -0.900. The van der Waals surface area contributed by atoms with E-state index in [4.69, 9.17) is 9.47 Å². The second kappa shape index (κ2) is 8.86. The van der Waals surface area contributed by atoms with Gasteiger partial charge in [0, 0.05) is 13.2 Å². The molecule has 1 aliphatic rings. The molecule has 1 amide bonds. The number of hydrogen-bond acceptors (Lipinski definition) is 7. The average molecular weight is 446 g/mol. The van der Waals surface area contributed by atoms with E-state index in [-0.39, 0.29) is 30.9 Å². The third-order valence-electron chi connectivity index (χ3n) is 5.34. The number of aliphatic hydroxyl groups is 1. The van der Waals surface area contributed by atoms with Crippen LogP contribution < -0.4 is 4.74 Å². The molecule has 0 unspecified atom stereocenters. The van der Waals surface area contributed by atoms with Crippen molar-refractivity contribution in [2.75, 3.05) is 20.8 Å². The van der Waals surface area contributed by atoms with Crippen LogP contribution in [-0.2, 0) is 11.3 Å². The fourth-order valence-electron chi connectivity index (χ4n) is 3.58. The Hall–Kier alpha value is -2.62. The lowest BCUT2D eigenvalue weighted by Crippen LogP contribution is -2.36. The summed E-state index contributed by atoms with van der Waals surface area (Å²) in [6, 6.07) is 5.78. The number of aromatic nitrogens is 2. The Morgan fingerprint density at radius 3 is 2.61 bits per heavy atom. The first-order chi connectivity index (χ1) is 14.9. The molecule has 1 saturated carbocycles. The number of nitrogens with zero attached hydrogens (tertiary/aromatic N) is 3. The van der Waals surface area contributed by atoms with Crippen LogP contribution in [-0.4, -0.2) is 52.7 Å². The summed E-state index contributed by atoms with van der Waals surface area (Å²) in [6.07, 6.45) is 0.891. The summed E-state index contributed by atoms with van der Waals surface area (Å²) in [7, 11) is 3.10. The van der Waals surface area contributed by atoms with Gasteiger partial charge in [0.05, 0.1) is 30.0 Å². The first-order valence-corrected chi connectivity index (χ1v) is 10.8. The molecule has 164 valence electrons. The number of halogens is 1. The van der Waals surface area contributed by atoms with Crippen LogP contribution in [0.3, 0.4) is 0 Å². The molecule has 0 aliphatic heterocycles. The van der Waals surface area contributed by atoms with E-state index in [9.17, 15) is 14.3 Å². The van der Waals surface area contributed by atoms with E-state index in [1.807, 2.05) is 6.92 Å². The molecule has 0 bridgehead atoms. The number of amides is 1. The van der Waals surface area contributed by atoms with Gasteiger partial charge in [-0.25, -0.2) is 9.37 Å². The zero-order valence-corrected chi connectivity index (χ0v) is 18.4. The maximum Gasteiger partial charge on any atom is 0.264 e. The Kier molecular flexibility index (Phi) is 6.17. The van der Waals surface area contributed by atoms with Gasteiger partial charge in [-0.3, -0.25) is 4.79 Å². The number of thiophene rings is 1. The van der Waals surface area contributed by atoms with Crippen molar-refractivity contribution in [3.8, 4) is 5.88 Å². The van der Waals surface area contributed by atoms with Gasteiger partial charge in [-0.2, -0.15) is 4.98 Å². The summed E-state index contributed by atoms with van der Waals surface area (Å²) >= 11 is 1.29. The fourth-order valence-corrected chi connectivity index (χ4v) is 4.73. The van der Waals surface area contributed by atoms with Crippen molar-refractivity contribution in [2.24, 2.45) is 0 Å². The van der Waals surface area contributed by atoms with Crippen molar-refractivity contribution in [2.45, 2.75) is 38.5 Å². The van der Waals surface area contributed by atoms with Gasteiger partial charge in [-0.15, -0.1) is 11.3 Å². The zero-order chi connectivity index (χ0) is 22.1. The molecule has 0 spiro atoms. The smallest absolute Gasteiger partial charge is 0.264 e. The Balaban J connectivity index is 1.66. The highest BCUT2D eigenvalue weighted by Crippen LogP contribution is 2.38. The lowest BCUT2D eigenvalue weighted by molar-refractivity contribution is 0.0607. The highest BCUT2D eigenvalue weighted by molar-refractivity contribution is 7.20. The standard InChI is InChI=1S/C22H24FN3O4S/c1-12-18-20(30-3)24-17(11-29-2)25-21(18)31-19(12)22(28)26(15-8-9-15)10-16(27)13-4-6-14(23)7-5-13/h4-7,15-16,27H,8-11H2,1-3H3/t16-/m0/s1. The van der Waals surface area contributed by atoms with Crippen LogP contribution in [0.5, 0.6) is 5.88 Å². The quantitative estimate of drug-likeness (QED) is 0.570. The lowest BCUT2D eigenvalue weighted by atomic mass is 10.1. The van der Waals surface area contributed by atoms with E-state index in [2.05, 4.69) is 9.97 Å². The largest absolute Gasteiger partial charge is 0.480 e. The third kappa shape index (κ3) is 4.39. The molecule has 0 radical (unpaired) electrons. The summed E-state index contributed by atoms with van der Waals surface area (Å²) in [5, 5.41) is 11.4. The van der Waals surface area contributed by atoms with E-state index >= 15 is 0 Å². The molecule has 4 rings (SSSR count). The second-order valence-corrected chi connectivity index (χ2v) is 8.57. The lowest BCUT2D eigenvalue weighted by Gasteiger charge is -2.25. The van der Waals surface area contributed by atoms with Crippen LogP contribution in [0.4, 0.5) is 4.39 Å². The van der Waals surface area contributed by atoms with Crippen LogP contribution in [0.1, 0.15) is 45.6 Å². The fraction of sp³-hybridized carbons (Fsp3) is 0.409. The molecule has 2 aromatic heterocycles. The van der Waals surface area contributed by atoms with Gasteiger partial charge in [0.15, 0.2) is 5.82 Å². The number of hydrogen-bond donors (Lipinski definition) is 1. The van der Waals surface area contributed by atoms with Crippen LogP contribution >= 0.6 is 11.3 Å². The summed E-state index contributed by atoms with van der Waals surface area (Å²) < 4.78 is 23.8. The van der Waals surface area contributed by atoms with Crippen molar-refractivity contribution >= 4 is 27.5 Å². The Morgan fingerprint density at radius 2 is 2.00 bits per heavy atom. The SMILES string of the molecule is COCc1nc(OC)c2c(C)c(C(=O)N(C[C@H](O)c3ccc(F)cc3)C3CC3)sc2n1. The molecule has 3 aromatic rings. The summed E-state index contributed by atoms with van der Waals surface area (Å²) in [6.45, 7) is 2.24. The van der Waals surface area contributed by atoms with Crippen LogP contribution in [0.25, 0.3) is 10.2 Å². The van der Waals surface area contributed by atoms with Crippen molar-refractivity contribution in [3.63, 3.8) is 0 Å². The summed E-state index contributed by atoms with van der Waals surface area (Å²) in [5.41, 5.74) is 1.33. The van der Waals surface area contributed by atoms with E-state index in [1.165, 1.54) is 42.7 Å². The van der Waals surface area contributed by atoms with Gasteiger partial charge in [-0.1, -0.05) is 12.1 Å². The van der Waals surface area contributed by atoms with Gasteiger partial charge in [0.25, 0.3) is 5.91 Å². The molecule has 9 heteroatoms. The molecule has 1 fully saturated rings. The normalized spacial score (nSPS) is 14.6. The maximum absolute atomic E-state index is 13.5. The van der Waals surface area contributed by atoms with Gasteiger partial charge in [-0.05, 0) is 43.0 Å². The molecule has 1 atom stereocenters. The average Bonchev–Trinajstić information content (AvgIpc) is 3.55. The van der Waals surface area contributed by atoms with Crippen LogP contribution in [0.15, 0.2) is 24.3 Å². The predicted molar refractivity (Wildman–Crippen MR) is 115 cm³/mol. The van der Waals surface area contributed by atoms with Gasteiger partial charge in [0.1, 0.15) is 17.3 Å². The van der Waals surface area contributed by atoms with Crippen LogP contribution in [0.2, 0.25) is 0 Å². The predicted octanol–water partition coefficient (Wildman–Crippen LogP) is 3.63. The molecule has 2 heterocycles.